The van der Waals surface area contributed by atoms with E-state index in [1.807, 2.05) is 6.92 Å². The zero-order chi connectivity index (χ0) is 17.3. The van der Waals surface area contributed by atoms with Gasteiger partial charge in [-0.3, -0.25) is 9.13 Å². The van der Waals surface area contributed by atoms with Gasteiger partial charge in [-0.2, -0.15) is 0 Å². The van der Waals surface area contributed by atoms with Crippen molar-refractivity contribution in [2.24, 2.45) is 0 Å². The van der Waals surface area contributed by atoms with Crippen molar-refractivity contribution in [3.63, 3.8) is 0 Å². The molecule has 128 valence electrons. The molecule has 1 aliphatic rings. The molecule has 1 aliphatic heterocycles. The van der Waals surface area contributed by atoms with E-state index in [9.17, 15) is 9.59 Å². The van der Waals surface area contributed by atoms with Crippen LogP contribution in [0, 0.1) is 0 Å². The summed E-state index contributed by atoms with van der Waals surface area (Å²) in [6, 6.07) is 7.19. The molecule has 2 heterocycles. The molecule has 7 nitrogen and oxygen atoms in total. The summed E-state index contributed by atoms with van der Waals surface area (Å²) in [4.78, 5) is 25.4. The number of benzene rings is 1. The maximum Gasteiger partial charge on any atom is 0.357 e. The smallest absolute Gasteiger partial charge is 0.357 e. The van der Waals surface area contributed by atoms with Crippen LogP contribution in [-0.2, 0) is 17.8 Å². The number of aromatic nitrogens is 2. The van der Waals surface area contributed by atoms with Crippen molar-refractivity contribution in [3.05, 3.63) is 46.1 Å². The lowest BCUT2D eigenvalue weighted by molar-refractivity contribution is 0.0514. The van der Waals surface area contributed by atoms with E-state index in [4.69, 9.17) is 9.47 Å². The molecule has 1 atom stereocenters. The van der Waals surface area contributed by atoms with Crippen LogP contribution in [0.25, 0.3) is 5.69 Å². The summed E-state index contributed by atoms with van der Waals surface area (Å²) in [5, 5.41) is 3.28. The van der Waals surface area contributed by atoms with Crippen LogP contribution in [-0.4, -0.2) is 34.9 Å². The van der Waals surface area contributed by atoms with Crippen LogP contribution in [0.1, 0.15) is 30.0 Å². The molecule has 0 spiro atoms. The summed E-state index contributed by atoms with van der Waals surface area (Å²) in [5.41, 5.74) is 1.32. The fourth-order valence-electron chi connectivity index (χ4n) is 2.94. The average Bonchev–Trinajstić information content (AvgIpc) is 2.88. The number of ether oxygens (including phenoxy) is 2. The van der Waals surface area contributed by atoms with Gasteiger partial charge in [-0.25, -0.2) is 9.59 Å². The lowest BCUT2D eigenvalue weighted by atomic mass is 10.2. The molecule has 2 aromatic rings. The van der Waals surface area contributed by atoms with Gasteiger partial charge in [0.2, 0.25) is 0 Å². The predicted molar refractivity (Wildman–Crippen MR) is 88.8 cm³/mol. The first-order chi connectivity index (χ1) is 11.6. The molecule has 1 N–H and O–H groups in total. The van der Waals surface area contributed by atoms with Crippen LogP contribution in [0.4, 0.5) is 0 Å². The second-order valence-electron chi connectivity index (χ2n) is 5.72. The summed E-state index contributed by atoms with van der Waals surface area (Å²) < 4.78 is 13.4. The van der Waals surface area contributed by atoms with Crippen molar-refractivity contribution >= 4 is 5.97 Å². The van der Waals surface area contributed by atoms with Crippen molar-refractivity contribution in [2.75, 3.05) is 13.7 Å². The first-order valence-corrected chi connectivity index (χ1v) is 7.96. The average molecular weight is 331 g/mol. The number of esters is 1. The minimum atomic E-state index is -0.490. The number of methoxy groups -OCH3 is 1. The van der Waals surface area contributed by atoms with Gasteiger partial charge in [0.05, 0.1) is 25.1 Å². The van der Waals surface area contributed by atoms with Crippen molar-refractivity contribution in [3.8, 4) is 11.4 Å². The van der Waals surface area contributed by atoms with E-state index in [0.717, 1.165) is 0 Å². The minimum Gasteiger partial charge on any atom is -0.497 e. The zero-order valence-corrected chi connectivity index (χ0v) is 14.0. The maximum absolute atomic E-state index is 12.9. The van der Waals surface area contributed by atoms with Gasteiger partial charge in [-0.15, -0.1) is 0 Å². The van der Waals surface area contributed by atoms with Crippen molar-refractivity contribution in [2.45, 2.75) is 33.0 Å². The van der Waals surface area contributed by atoms with E-state index >= 15 is 0 Å². The summed E-state index contributed by atoms with van der Waals surface area (Å²) in [6.07, 6.45) is 0. The highest BCUT2D eigenvalue weighted by atomic mass is 16.5. The molecule has 1 aromatic carbocycles. The molecule has 24 heavy (non-hydrogen) atoms. The number of rotatable bonds is 4. The van der Waals surface area contributed by atoms with Crippen molar-refractivity contribution in [1.29, 1.82) is 0 Å². The molecule has 0 aliphatic carbocycles. The van der Waals surface area contributed by atoms with Crippen LogP contribution < -0.4 is 15.7 Å². The van der Waals surface area contributed by atoms with E-state index in [-0.39, 0.29) is 24.0 Å². The van der Waals surface area contributed by atoms with E-state index in [1.54, 1.807) is 42.9 Å². The number of fused-ring (bicyclic) bond motifs is 1. The SMILES string of the molecule is CCOC(=O)c1c2n(c(=O)n1-c1ccc(OC)cc1)CC(C)NC2. The Bertz CT molecular complexity index is 804. The van der Waals surface area contributed by atoms with Crippen molar-refractivity contribution < 1.29 is 14.3 Å². The standard InChI is InChI=1S/C17H21N3O4/c1-4-24-16(21)15-14-9-18-11(2)10-19(14)17(22)20(15)12-5-7-13(23-3)8-6-12/h5-8,11,18H,4,9-10H2,1-3H3. The fraction of sp³-hybridized carbons (Fsp3) is 0.412. The highest BCUT2D eigenvalue weighted by molar-refractivity contribution is 5.89. The Balaban J connectivity index is 2.19. The molecule has 0 amide bonds. The topological polar surface area (TPSA) is 74.5 Å². The van der Waals surface area contributed by atoms with E-state index in [2.05, 4.69) is 5.32 Å². The second-order valence-corrected chi connectivity index (χ2v) is 5.72. The highest BCUT2D eigenvalue weighted by Crippen LogP contribution is 2.20. The first kappa shape index (κ1) is 16.3. The van der Waals surface area contributed by atoms with Gasteiger partial charge >= 0.3 is 11.7 Å². The number of carbonyl (C=O) groups is 1. The van der Waals surface area contributed by atoms with Crippen LogP contribution in [0.3, 0.4) is 0 Å². The third kappa shape index (κ3) is 2.71. The summed E-state index contributed by atoms with van der Waals surface area (Å²) in [7, 11) is 1.58. The van der Waals surface area contributed by atoms with Gasteiger partial charge in [0.15, 0.2) is 5.69 Å². The Morgan fingerprint density at radius 3 is 2.67 bits per heavy atom. The van der Waals surface area contributed by atoms with Gasteiger partial charge in [0, 0.05) is 19.1 Å². The number of hydrogen-bond donors (Lipinski definition) is 1. The maximum atomic E-state index is 12.9. The minimum absolute atomic E-state index is 0.164. The molecule has 0 radical (unpaired) electrons. The number of nitrogens with zero attached hydrogens (tertiary/aromatic N) is 2. The Morgan fingerprint density at radius 2 is 2.04 bits per heavy atom. The van der Waals surface area contributed by atoms with Crippen LogP contribution in [0.15, 0.2) is 29.1 Å². The normalized spacial score (nSPS) is 16.5. The van der Waals surface area contributed by atoms with Crippen LogP contribution >= 0.6 is 0 Å². The largest absolute Gasteiger partial charge is 0.497 e. The first-order valence-electron chi connectivity index (χ1n) is 7.96. The lowest BCUT2D eigenvalue weighted by Crippen LogP contribution is -2.40. The van der Waals surface area contributed by atoms with E-state index in [0.29, 0.717) is 30.2 Å². The van der Waals surface area contributed by atoms with E-state index < -0.39 is 5.97 Å². The van der Waals surface area contributed by atoms with Gasteiger partial charge in [-0.1, -0.05) is 0 Å². The van der Waals surface area contributed by atoms with Crippen LogP contribution in [0.2, 0.25) is 0 Å². The van der Waals surface area contributed by atoms with Gasteiger partial charge < -0.3 is 14.8 Å². The van der Waals surface area contributed by atoms with Gasteiger partial charge in [-0.05, 0) is 38.1 Å². The fourth-order valence-corrected chi connectivity index (χ4v) is 2.94. The Kier molecular flexibility index (Phi) is 4.44. The second kappa shape index (κ2) is 6.52. The van der Waals surface area contributed by atoms with Crippen LogP contribution in [0.5, 0.6) is 5.75 Å². The Hall–Kier alpha value is -2.54. The molecule has 0 bridgehead atoms. The molecule has 1 aromatic heterocycles. The molecule has 0 fully saturated rings. The quantitative estimate of drug-likeness (QED) is 0.855. The molecule has 7 heteroatoms. The Labute approximate surface area is 139 Å². The molecular weight excluding hydrogens is 310 g/mol. The monoisotopic (exact) mass is 331 g/mol. The molecular formula is C17H21N3O4. The number of nitrogens with one attached hydrogen (secondary N) is 1. The predicted octanol–water partition coefficient (Wildman–Crippen LogP) is 1.32. The molecule has 0 saturated heterocycles. The Morgan fingerprint density at radius 1 is 1.33 bits per heavy atom. The number of carbonyl (C=O) groups excluding carboxylic acids is 1. The van der Waals surface area contributed by atoms with Gasteiger partial charge in [0.25, 0.3) is 0 Å². The summed E-state index contributed by atoms with van der Waals surface area (Å²) >= 11 is 0. The number of hydrogen-bond acceptors (Lipinski definition) is 5. The third-order valence-corrected chi connectivity index (χ3v) is 4.12. The van der Waals surface area contributed by atoms with E-state index in [1.165, 1.54) is 4.57 Å². The number of imidazole rings is 1. The third-order valence-electron chi connectivity index (χ3n) is 4.12. The molecule has 3 rings (SSSR count). The molecule has 1 unspecified atom stereocenters. The van der Waals surface area contributed by atoms with Gasteiger partial charge in [0.1, 0.15) is 5.75 Å². The molecule has 0 saturated carbocycles. The van der Waals surface area contributed by atoms with Crippen molar-refractivity contribution in [1.82, 2.24) is 14.5 Å². The zero-order valence-electron chi connectivity index (χ0n) is 14.0. The highest BCUT2D eigenvalue weighted by Gasteiger charge is 2.30. The lowest BCUT2D eigenvalue weighted by Gasteiger charge is -2.22. The summed E-state index contributed by atoms with van der Waals surface area (Å²) in [6.45, 7) is 4.97. The summed E-state index contributed by atoms with van der Waals surface area (Å²) in [5.74, 6) is 0.194.